The zero-order chi connectivity index (χ0) is 13.9. The van der Waals surface area contributed by atoms with Crippen molar-refractivity contribution >= 4 is 28.4 Å². The maximum absolute atomic E-state index is 4.81. The maximum Gasteiger partial charge on any atom is 0.180 e. The van der Waals surface area contributed by atoms with Crippen LogP contribution in [0.15, 0.2) is 24.4 Å². The van der Waals surface area contributed by atoms with Crippen LogP contribution in [0.25, 0.3) is 11.5 Å². The van der Waals surface area contributed by atoms with Gasteiger partial charge in [0.1, 0.15) is 11.5 Å². The van der Waals surface area contributed by atoms with Crippen molar-refractivity contribution in [3.8, 4) is 11.5 Å². The molecule has 0 unspecified atom stereocenters. The van der Waals surface area contributed by atoms with Crippen LogP contribution in [-0.2, 0) is 0 Å². The second kappa shape index (κ2) is 6.03. The van der Waals surface area contributed by atoms with Gasteiger partial charge in [0.15, 0.2) is 5.82 Å². The van der Waals surface area contributed by atoms with Crippen LogP contribution in [0.1, 0.15) is 37.3 Å². The first kappa shape index (κ1) is 13.7. The van der Waals surface area contributed by atoms with E-state index in [1.165, 1.54) is 31.4 Å². The molecule has 20 heavy (non-hydrogen) atoms. The third kappa shape index (κ3) is 2.63. The molecule has 2 heterocycles. The minimum Gasteiger partial charge on any atom is -0.372 e. The second-order valence-corrected chi connectivity index (χ2v) is 6.12. The first-order valence-corrected chi connectivity index (χ1v) is 8.04. The fourth-order valence-electron chi connectivity index (χ4n) is 2.71. The van der Waals surface area contributed by atoms with Gasteiger partial charge in [-0.15, -0.1) is 0 Å². The van der Waals surface area contributed by atoms with Crippen molar-refractivity contribution < 1.29 is 0 Å². The van der Waals surface area contributed by atoms with Gasteiger partial charge in [-0.25, -0.2) is 9.97 Å². The van der Waals surface area contributed by atoms with Crippen molar-refractivity contribution in [3.63, 3.8) is 0 Å². The Morgan fingerprint density at radius 2 is 2.00 bits per heavy atom. The molecule has 0 bridgehead atoms. The third-order valence-corrected chi connectivity index (χ3v) is 4.81. The largest absolute Gasteiger partial charge is 0.372 e. The molecule has 1 N–H and O–H groups in total. The van der Waals surface area contributed by atoms with Gasteiger partial charge in [0, 0.05) is 19.2 Å². The molecule has 2 aromatic heterocycles. The molecule has 104 valence electrons. The normalized spacial score (nSPS) is 15.5. The van der Waals surface area contributed by atoms with Gasteiger partial charge in [0.2, 0.25) is 0 Å². The number of pyridine rings is 1. The van der Waals surface area contributed by atoms with Crippen LogP contribution in [0.3, 0.4) is 0 Å². The summed E-state index contributed by atoms with van der Waals surface area (Å²) in [5.74, 6) is 2.19. The van der Waals surface area contributed by atoms with Crippen molar-refractivity contribution in [1.82, 2.24) is 15.0 Å². The zero-order valence-corrected chi connectivity index (χ0v) is 13.6. The van der Waals surface area contributed by atoms with Crippen LogP contribution in [0, 0.1) is 3.57 Å². The Labute approximate surface area is 132 Å². The highest BCUT2D eigenvalue weighted by Gasteiger charge is 2.24. The molecular formula is C15H17IN4. The number of aromatic nitrogens is 3. The summed E-state index contributed by atoms with van der Waals surface area (Å²) in [4.78, 5) is 13.8. The Morgan fingerprint density at radius 1 is 1.20 bits per heavy atom. The average Bonchev–Trinajstić information content (AvgIpc) is 3.02. The van der Waals surface area contributed by atoms with E-state index in [4.69, 9.17) is 4.98 Å². The fourth-order valence-corrected chi connectivity index (χ4v) is 3.66. The number of anilines is 1. The standard InChI is InChI=1S/C15H17IN4/c1-17-15-12(16)13(10-6-2-3-7-10)19-14(20-15)11-8-4-5-9-18-11/h4-5,8-10H,2-3,6-7H2,1H3,(H,17,19,20). The van der Waals surface area contributed by atoms with E-state index in [0.29, 0.717) is 5.92 Å². The van der Waals surface area contributed by atoms with Crippen molar-refractivity contribution in [2.45, 2.75) is 31.6 Å². The SMILES string of the molecule is CNc1nc(-c2ccccn2)nc(C2CCCC2)c1I. The monoisotopic (exact) mass is 380 g/mol. The Balaban J connectivity index is 2.09. The molecule has 1 saturated carbocycles. The molecule has 0 saturated heterocycles. The molecule has 2 aromatic rings. The van der Waals surface area contributed by atoms with Crippen LogP contribution in [0.5, 0.6) is 0 Å². The Kier molecular flexibility index (Phi) is 4.14. The lowest BCUT2D eigenvalue weighted by molar-refractivity contribution is 0.690. The van der Waals surface area contributed by atoms with E-state index in [-0.39, 0.29) is 0 Å². The number of nitrogens with one attached hydrogen (secondary N) is 1. The summed E-state index contributed by atoms with van der Waals surface area (Å²) >= 11 is 2.36. The van der Waals surface area contributed by atoms with E-state index >= 15 is 0 Å². The molecule has 1 fully saturated rings. The maximum atomic E-state index is 4.81. The molecule has 0 radical (unpaired) electrons. The van der Waals surface area contributed by atoms with Gasteiger partial charge in [-0.05, 0) is 47.6 Å². The summed E-state index contributed by atoms with van der Waals surface area (Å²) in [6.07, 6.45) is 6.86. The number of halogens is 1. The highest BCUT2D eigenvalue weighted by Crippen LogP contribution is 2.37. The van der Waals surface area contributed by atoms with Gasteiger partial charge < -0.3 is 5.32 Å². The van der Waals surface area contributed by atoms with E-state index in [0.717, 1.165) is 20.9 Å². The van der Waals surface area contributed by atoms with Crippen molar-refractivity contribution in [2.75, 3.05) is 12.4 Å². The number of rotatable bonds is 3. The fraction of sp³-hybridized carbons (Fsp3) is 0.400. The summed E-state index contributed by atoms with van der Waals surface area (Å²) < 4.78 is 1.15. The van der Waals surface area contributed by atoms with Gasteiger partial charge in [-0.2, -0.15) is 0 Å². The number of hydrogen-bond donors (Lipinski definition) is 1. The molecule has 0 spiro atoms. The summed E-state index contributed by atoms with van der Waals surface area (Å²) in [7, 11) is 1.91. The minimum atomic E-state index is 0.569. The molecule has 0 aliphatic heterocycles. The molecule has 1 aliphatic rings. The van der Waals surface area contributed by atoms with Crippen molar-refractivity contribution in [1.29, 1.82) is 0 Å². The number of hydrogen-bond acceptors (Lipinski definition) is 4. The van der Waals surface area contributed by atoms with Crippen molar-refractivity contribution in [2.24, 2.45) is 0 Å². The summed E-state index contributed by atoms with van der Waals surface area (Å²) in [6.45, 7) is 0. The molecule has 5 heteroatoms. The first-order valence-electron chi connectivity index (χ1n) is 6.96. The zero-order valence-electron chi connectivity index (χ0n) is 11.4. The minimum absolute atomic E-state index is 0.569. The first-order chi connectivity index (χ1) is 9.79. The van der Waals surface area contributed by atoms with Gasteiger partial charge >= 0.3 is 0 Å². The molecule has 1 aliphatic carbocycles. The molecule has 3 rings (SSSR count). The average molecular weight is 380 g/mol. The van der Waals surface area contributed by atoms with Crippen LogP contribution in [-0.4, -0.2) is 22.0 Å². The van der Waals surface area contributed by atoms with E-state index < -0.39 is 0 Å². The predicted octanol–water partition coefficient (Wildman–Crippen LogP) is 3.84. The Bertz CT molecular complexity index is 594. The topological polar surface area (TPSA) is 50.7 Å². The molecule has 0 aromatic carbocycles. The van der Waals surface area contributed by atoms with Gasteiger partial charge in [-0.3, -0.25) is 4.98 Å². The van der Waals surface area contributed by atoms with Gasteiger partial charge in [0.05, 0.1) is 9.26 Å². The van der Waals surface area contributed by atoms with Crippen LogP contribution < -0.4 is 5.32 Å². The lowest BCUT2D eigenvalue weighted by Gasteiger charge is -2.15. The lowest BCUT2D eigenvalue weighted by Crippen LogP contribution is -2.08. The number of nitrogens with zero attached hydrogens (tertiary/aromatic N) is 3. The predicted molar refractivity (Wildman–Crippen MR) is 88.7 cm³/mol. The van der Waals surface area contributed by atoms with E-state index in [1.807, 2.05) is 25.2 Å². The van der Waals surface area contributed by atoms with Crippen LogP contribution in [0.4, 0.5) is 5.82 Å². The molecule has 0 amide bonds. The molecular weight excluding hydrogens is 363 g/mol. The summed E-state index contributed by atoms with van der Waals surface area (Å²) in [5, 5.41) is 3.18. The van der Waals surface area contributed by atoms with Crippen molar-refractivity contribution in [3.05, 3.63) is 33.7 Å². The summed E-state index contributed by atoms with van der Waals surface area (Å²) in [6, 6.07) is 5.84. The van der Waals surface area contributed by atoms with Crippen LogP contribution in [0.2, 0.25) is 0 Å². The Hall–Kier alpha value is -1.24. The van der Waals surface area contributed by atoms with Gasteiger partial charge in [-0.1, -0.05) is 18.9 Å². The molecule has 4 nitrogen and oxygen atoms in total. The third-order valence-electron chi connectivity index (χ3n) is 3.75. The van der Waals surface area contributed by atoms with Gasteiger partial charge in [0.25, 0.3) is 0 Å². The smallest absolute Gasteiger partial charge is 0.180 e. The lowest BCUT2D eigenvalue weighted by atomic mass is 10.0. The van der Waals surface area contributed by atoms with Crippen LogP contribution >= 0.6 is 22.6 Å². The van der Waals surface area contributed by atoms with E-state index in [2.05, 4.69) is 37.9 Å². The molecule has 0 atom stereocenters. The van der Waals surface area contributed by atoms with E-state index in [1.54, 1.807) is 6.20 Å². The highest BCUT2D eigenvalue weighted by molar-refractivity contribution is 14.1. The highest BCUT2D eigenvalue weighted by atomic mass is 127. The van der Waals surface area contributed by atoms with E-state index in [9.17, 15) is 0 Å². The quantitative estimate of drug-likeness (QED) is 0.823. The second-order valence-electron chi connectivity index (χ2n) is 5.04. The summed E-state index contributed by atoms with van der Waals surface area (Å²) in [5.41, 5.74) is 2.02. The Morgan fingerprint density at radius 3 is 2.65 bits per heavy atom.